The van der Waals surface area contributed by atoms with Gasteiger partial charge in [0.25, 0.3) is 0 Å². The van der Waals surface area contributed by atoms with Gasteiger partial charge in [0.1, 0.15) is 0 Å². The summed E-state index contributed by atoms with van der Waals surface area (Å²) in [6, 6.07) is 40.9. The Hall–Kier alpha value is -4.56. The maximum Gasteiger partial charge on any atom is 0.0972 e. The van der Waals surface area contributed by atoms with Crippen LogP contribution in [0.15, 0.2) is 121 Å². The first-order valence-corrected chi connectivity index (χ1v) is 11.5. The largest absolute Gasteiger partial charge is 0.254 e. The predicted octanol–water partition coefficient (Wildman–Crippen LogP) is 8.42. The highest BCUT2D eigenvalue weighted by Gasteiger charge is 2.08. The van der Waals surface area contributed by atoms with E-state index in [1.54, 1.807) is 0 Å². The highest BCUT2D eigenvalue weighted by atomic mass is 14.7. The summed E-state index contributed by atoms with van der Waals surface area (Å²) < 4.78 is 0. The molecule has 2 nitrogen and oxygen atoms in total. The summed E-state index contributed by atoms with van der Waals surface area (Å²) in [6.07, 6.45) is 1.83. The first kappa shape index (κ1) is 19.0. The zero-order chi connectivity index (χ0) is 22.5. The van der Waals surface area contributed by atoms with E-state index < -0.39 is 0 Å². The molecule has 158 valence electrons. The predicted molar refractivity (Wildman–Crippen MR) is 143 cm³/mol. The zero-order valence-corrected chi connectivity index (χ0v) is 18.4. The van der Waals surface area contributed by atoms with Gasteiger partial charge in [-0.15, -0.1) is 0 Å². The number of hydrogen-bond acceptors (Lipinski definition) is 2. The maximum absolute atomic E-state index is 5.02. The normalized spacial score (nSPS) is 11.5. The van der Waals surface area contributed by atoms with Crippen molar-refractivity contribution in [2.45, 2.75) is 0 Å². The fraction of sp³-hybridized carbons (Fsp3) is 0. The number of pyridine rings is 2. The molecule has 34 heavy (non-hydrogen) atoms. The average Bonchev–Trinajstić information content (AvgIpc) is 2.92. The molecule has 0 aliphatic rings. The van der Waals surface area contributed by atoms with E-state index >= 15 is 0 Å². The van der Waals surface area contributed by atoms with Gasteiger partial charge in [-0.2, -0.15) is 0 Å². The van der Waals surface area contributed by atoms with Crippen molar-refractivity contribution in [1.82, 2.24) is 9.97 Å². The third-order valence-corrected chi connectivity index (χ3v) is 6.67. The molecule has 7 aromatic rings. The summed E-state index contributed by atoms with van der Waals surface area (Å²) in [5.74, 6) is 0. The second-order valence-corrected chi connectivity index (χ2v) is 8.71. The van der Waals surface area contributed by atoms with Crippen molar-refractivity contribution in [1.29, 1.82) is 0 Å². The van der Waals surface area contributed by atoms with Gasteiger partial charge in [-0.1, -0.05) is 91.0 Å². The molecule has 0 spiro atoms. The van der Waals surface area contributed by atoms with E-state index in [4.69, 9.17) is 4.98 Å². The highest BCUT2D eigenvalue weighted by Crippen LogP contribution is 2.33. The van der Waals surface area contributed by atoms with Crippen LogP contribution in [0.2, 0.25) is 0 Å². The molecule has 0 atom stereocenters. The van der Waals surface area contributed by atoms with Crippen molar-refractivity contribution in [3.8, 4) is 22.4 Å². The molecule has 0 bridgehead atoms. The van der Waals surface area contributed by atoms with Gasteiger partial charge < -0.3 is 0 Å². The summed E-state index contributed by atoms with van der Waals surface area (Å²) in [4.78, 5) is 9.61. The first-order valence-electron chi connectivity index (χ1n) is 11.5. The maximum atomic E-state index is 5.02. The molecule has 0 saturated carbocycles. The molecule has 0 unspecified atom stereocenters. The Balaban J connectivity index is 1.34. The molecule has 0 radical (unpaired) electrons. The molecule has 0 fully saturated rings. The Kier molecular flexibility index (Phi) is 4.18. The minimum Gasteiger partial charge on any atom is -0.254 e. The standard InChI is InChI=1S/C32H20N2/c1-2-8-28-21(5-1)6-3-9-29(28)26-14-12-25-20-27(15-13-24(25)19-26)30-17-16-23-11-10-22-7-4-18-33-31(22)32(23)34-30/h1-20H. The molecule has 0 N–H and O–H groups in total. The van der Waals surface area contributed by atoms with Crippen LogP contribution in [0.5, 0.6) is 0 Å². The Morgan fingerprint density at radius 3 is 2.03 bits per heavy atom. The van der Waals surface area contributed by atoms with Crippen molar-refractivity contribution in [3.63, 3.8) is 0 Å². The molecular formula is C32H20N2. The van der Waals surface area contributed by atoms with Gasteiger partial charge in [0.15, 0.2) is 0 Å². The molecule has 0 amide bonds. The van der Waals surface area contributed by atoms with Gasteiger partial charge in [0.2, 0.25) is 0 Å². The lowest BCUT2D eigenvalue weighted by Gasteiger charge is -2.10. The summed E-state index contributed by atoms with van der Waals surface area (Å²) in [6.45, 7) is 0. The third kappa shape index (κ3) is 3.04. The smallest absolute Gasteiger partial charge is 0.0972 e. The molecule has 2 heteroatoms. The number of fused-ring (bicyclic) bond motifs is 5. The molecule has 2 aromatic heterocycles. The lowest BCUT2D eigenvalue weighted by atomic mass is 9.95. The van der Waals surface area contributed by atoms with Gasteiger partial charge in [0, 0.05) is 22.5 Å². The van der Waals surface area contributed by atoms with Gasteiger partial charge in [-0.05, 0) is 56.9 Å². The monoisotopic (exact) mass is 432 g/mol. The third-order valence-electron chi connectivity index (χ3n) is 6.67. The van der Waals surface area contributed by atoms with Crippen LogP contribution in [-0.4, -0.2) is 9.97 Å². The molecular weight excluding hydrogens is 412 g/mol. The van der Waals surface area contributed by atoms with E-state index in [0.717, 1.165) is 33.1 Å². The molecule has 7 rings (SSSR count). The van der Waals surface area contributed by atoms with E-state index in [9.17, 15) is 0 Å². The number of aromatic nitrogens is 2. The van der Waals surface area contributed by atoms with E-state index in [0.29, 0.717) is 0 Å². The van der Waals surface area contributed by atoms with E-state index in [-0.39, 0.29) is 0 Å². The minimum atomic E-state index is 0.946. The van der Waals surface area contributed by atoms with Crippen molar-refractivity contribution in [3.05, 3.63) is 121 Å². The topological polar surface area (TPSA) is 25.8 Å². The fourth-order valence-electron chi connectivity index (χ4n) is 4.93. The zero-order valence-electron chi connectivity index (χ0n) is 18.4. The van der Waals surface area contributed by atoms with Crippen LogP contribution in [0.25, 0.3) is 65.7 Å². The van der Waals surface area contributed by atoms with Gasteiger partial charge in [-0.25, -0.2) is 4.98 Å². The number of rotatable bonds is 2. The summed E-state index contributed by atoms with van der Waals surface area (Å²) in [7, 11) is 0. The Labute approximate surface area is 197 Å². The number of nitrogens with zero attached hydrogens (tertiary/aromatic N) is 2. The average molecular weight is 433 g/mol. The lowest BCUT2D eigenvalue weighted by molar-refractivity contribution is 1.37. The lowest BCUT2D eigenvalue weighted by Crippen LogP contribution is -1.89. The second kappa shape index (κ2) is 7.50. The SMILES string of the molecule is c1ccc2c(-c3ccc4cc(-c5ccc6ccc7cccnc7c6n5)ccc4c3)cccc2c1. The van der Waals surface area contributed by atoms with Crippen molar-refractivity contribution < 1.29 is 0 Å². The fourth-order valence-corrected chi connectivity index (χ4v) is 4.93. The highest BCUT2D eigenvalue weighted by molar-refractivity contribution is 6.04. The summed E-state index contributed by atoms with van der Waals surface area (Å²) in [5, 5.41) is 7.19. The minimum absolute atomic E-state index is 0.946. The van der Waals surface area contributed by atoms with Crippen LogP contribution in [0.4, 0.5) is 0 Å². The Morgan fingerprint density at radius 2 is 1.12 bits per heavy atom. The van der Waals surface area contributed by atoms with Crippen LogP contribution in [0.1, 0.15) is 0 Å². The molecule has 2 heterocycles. The van der Waals surface area contributed by atoms with Crippen LogP contribution in [0, 0.1) is 0 Å². The van der Waals surface area contributed by atoms with Crippen LogP contribution >= 0.6 is 0 Å². The van der Waals surface area contributed by atoms with Crippen LogP contribution in [-0.2, 0) is 0 Å². The number of hydrogen-bond donors (Lipinski definition) is 0. The molecule has 5 aromatic carbocycles. The van der Waals surface area contributed by atoms with Crippen LogP contribution in [0.3, 0.4) is 0 Å². The van der Waals surface area contributed by atoms with E-state index in [2.05, 4.69) is 114 Å². The van der Waals surface area contributed by atoms with Gasteiger partial charge in [0.05, 0.1) is 16.7 Å². The second-order valence-electron chi connectivity index (χ2n) is 8.71. The summed E-state index contributed by atoms with van der Waals surface area (Å²) in [5.41, 5.74) is 6.47. The molecule has 0 saturated heterocycles. The van der Waals surface area contributed by atoms with Gasteiger partial charge >= 0.3 is 0 Å². The first-order chi connectivity index (χ1) is 16.8. The summed E-state index contributed by atoms with van der Waals surface area (Å²) >= 11 is 0. The Morgan fingerprint density at radius 1 is 0.441 bits per heavy atom. The molecule has 0 aliphatic carbocycles. The number of benzene rings is 5. The quantitative estimate of drug-likeness (QED) is 0.256. The van der Waals surface area contributed by atoms with Gasteiger partial charge in [-0.3, -0.25) is 4.98 Å². The van der Waals surface area contributed by atoms with Crippen LogP contribution < -0.4 is 0 Å². The van der Waals surface area contributed by atoms with Crippen molar-refractivity contribution in [2.75, 3.05) is 0 Å². The molecule has 0 aliphatic heterocycles. The van der Waals surface area contributed by atoms with E-state index in [1.807, 2.05) is 12.3 Å². The Bertz CT molecular complexity index is 1860. The van der Waals surface area contributed by atoms with Crippen molar-refractivity contribution >= 4 is 43.4 Å². The van der Waals surface area contributed by atoms with E-state index in [1.165, 1.54) is 32.7 Å². The van der Waals surface area contributed by atoms with Crippen molar-refractivity contribution in [2.24, 2.45) is 0 Å².